The zero-order chi connectivity index (χ0) is 23.8. The molecule has 8 heteroatoms. The number of aromatic nitrogens is 2. The van der Waals surface area contributed by atoms with E-state index < -0.39 is 0 Å². The van der Waals surface area contributed by atoms with Gasteiger partial charge >= 0.3 is 6.03 Å². The molecule has 182 valence electrons. The predicted octanol–water partition coefficient (Wildman–Crippen LogP) is 3.93. The number of fused-ring (bicyclic) bond motifs is 1. The molecule has 0 N–H and O–H groups in total. The first-order valence-electron chi connectivity index (χ1n) is 12.7. The van der Waals surface area contributed by atoms with Crippen molar-refractivity contribution in [3.63, 3.8) is 0 Å². The lowest BCUT2D eigenvalue weighted by Gasteiger charge is -2.34. The molecule has 0 bridgehead atoms. The van der Waals surface area contributed by atoms with Crippen LogP contribution in [0.1, 0.15) is 42.5 Å². The average molecular weight is 474 g/mol. The van der Waals surface area contributed by atoms with Crippen LogP contribution in [0.25, 0.3) is 16.7 Å². The number of benzene rings is 1. The molecule has 5 heterocycles. The summed E-state index contributed by atoms with van der Waals surface area (Å²) in [6, 6.07) is 12.0. The van der Waals surface area contributed by atoms with Crippen LogP contribution < -0.4 is 4.74 Å². The Balaban J connectivity index is 1.08. The zero-order valence-electron chi connectivity index (χ0n) is 19.9. The summed E-state index contributed by atoms with van der Waals surface area (Å²) in [7, 11) is 0. The number of urea groups is 1. The average Bonchev–Trinajstić information content (AvgIpc) is 3.54. The molecule has 0 atom stereocenters. The van der Waals surface area contributed by atoms with E-state index in [1.165, 1.54) is 0 Å². The number of rotatable bonds is 4. The third-order valence-corrected chi connectivity index (χ3v) is 7.44. The van der Waals surface area contributed by atoms with Crippen molar-refractivity contribution in [3.8, 4) is 11.6 Å². The SMILES string of the molecule is O=C(c1ccc2c(ccn2-c2ccc(OC3CCN(C(=O)N4CCCC4)CC3)cn2)c1)N1CCC1. The molecular weight excluding hydrogens is 442 g/mol. The molecule has 1 aromatic carbocycles. The van der Waals surface area contributed by atoms with Gasteiger partial charge < -0.3 is 24.0 Å². The van der Waals surface area contributed by atoms with Gasteiger partial charge in [-0.1, -0.05) is 0 Å². The van der Waals surface area contributed by atoms with Crippen LogP contribution in [0, 0.1) is 0 Å². The van der Waals surface area contributed by atoms with Crippen LogP contribution in [-0.4, -0.2) is 81.6 Å². The van der Waals surface area contributed by atoms with Gasteiger partial charge in [0, 0.05) is 69.3 Å². The molecule has 0 unspecified atom stereocenters. The van der Waals surface area contributed by atoms with Crippen LogP contribution in [-0.2, 0) is 0 Å². The minimum Gasteiger partial charge on any atom is -0.489 e. The molecule has 0 spiro atoms. The Kier molecular flexibility index (Phi) is 5.80. The van der Waals surface area contributed by atoms with Crippen molar-refractivity contribution in [1.82, 2.24) is 24.3 Å². The number of hydrogen-bond donors (Lipinski definition) is 0. The van der Waals surface area contributed by atoms with E-state index in [-0.39, 0.29) is 18.0 Å². The van der Waals surface area contributed by atoms with Crippen LogP contribution in [0.3, 0.4) is 0 Å². The molecule has 3 amide bonds. The summed E-state index contributed by atoms with van der Waals surface area (Å²) in [6.45, 7) is 4.97. The standard InChI is InChI=1S/C27H31N5O3/c33-26(29-13-3-14-29)21-4-6-24-20(18-21)8-17-32(24)25-7-5-23(19-28-25)35-22-9-15-31(16-10-22)27(34)30-11-1-2-12-30/h4-8,17-19,22H,1-3,9-16H2. The maximum absolute atomic E-state index is 12.6. The molecule has 6 rings (SSSR count). The third kappa shape index (κ3) is 4.33. The first-order valence-corrected chi connectivity index (χ1v) is 12.7. The molecule has 3 saturated heterocycles. The highest BCUT2D eigenvalue weighted by Crippen LogP contribution is 2.25. The molecule has 2 aromatic heterocycles. The Morgan fingerprint density at radius 2 is 1.57 bits per heavy atom. The third-order valence-electron chi connectivity index (χ3n) is 7.44. The Morgan fingerprint density at radius 1 is 0.829 bits per heavy atom. The van der Waals surface area contributed by atoms with Crippen molar-refractivity contribution >= 4 is 22.8 Å². The summed E-state index contributed by atoms with van der Waals surface area (Å²) in [6.07, 6.45) is 8.85. The summed E-state index contributed by atoms with van der Waals surface area (Å²) >= 11 is 0. The summed E-state index contributed by atoms with van der Waals surface area (Å²) in [4.78, 5) is 35.6. The lowest BCUT2D eigenvalue weighted by atomic mass is 10.1. The highest BCUT2D eigenvalue weighted by molar-refractivity contribution is 5.98. The van der Waals surface area contributed by atoms with Crippen molar-refractivity contribution in [2.75, 3.05) is 39.3 Å². The number of carbonyl (C=O) groups excluding carboxylic acids is 2. The van der Waals surface area contributed by atoms with Crippen LogP contribution >= 0.6 is 0 Å². The largest absolute Gasteiger partial charge is 0.489 e. The van der Waals surface area contributed by atoms with Gasteiger partial charge in [0.1, 0.15) is 17.7 Å². The number of pyridine rings is 1. The maximum atomic E-state index is 12.6. The molecule has 3 aromatic rings. The molecule has 35 heavy (non-hydrogen) atoms. The monoisotopic (exact) mass is 473 g/mol. The van der Waals surface area contributed by atoms with Crippen molar-refractivity contribution < 1.29 is 14.3 Å². The van der Waals surface area contributed by atoms with Crippen LogP contribution in [0.5, 0.6) is 5.75 Å². The van der Waals surface area contributed by atoms with Crippen LogP contribution in [0.15, 0.2) is 48.8 Å². The Morgan fingerprint density at radius 3 is 2.26 bits per heavy atom. The van der Waals surface area contributed by atoms with Gasteiger partial charge in [0.05, 0.1) is 11.7 Å². The fraction of sp³-hybridized carbons (Fsp3) is 0.444. The summed E-state index contributed by atoms with van der Waals surface area (Å²) < 4.78 is 8.21. The van der Waals surface area contributed by atoms with E-state index in [1.807, 2.05) is 61.9 Å². The summed E-state index contributed by atoms with van der Waals surface area (Å²) in [5, 5.41) is 1.02. The quantitative estimate of drug-likeness (QED) is 0.576. The first kappa shape index (κ1) is 21.9. The van der Waals surface area contributed by atoms with Gasteiger partial charge in [-0.3, -0.25) is 4.79 Å². The Bertz CT molecular complexity index is 1220. The number of carbonyl (C=O) groups is 2. The van der Waals surface area contributed by atoms with Gasteiger partial charge in [-0.25, -0.2) is 9.78 Å². The molecule has 8 nitrogen and oxygen atoms in total. The minimum atomic E-state index is 0.0973. The van der Waals surface area contributed by atoms with E-state index in [9.17, 15) is 9.59 Å². The van der Waals surface area contributed by atoms with Crippen LogP contribution in [0.2, 0.25) is 0 Å². The molecule has 0 radical (unpaired) electrons. The van der Waals surface area contributed by atoms with Gasteiger partial charge in [0.25, 0.3) is 5.91 Å². The lowest BCUT2D eigenvalue weighted by Crippen LogP contribution is -2.47. The lowest BCUT2D eigenvalue weighted by molar-refractivity contribution is 0.0652. The van der Waals surface area contributed by atoms with E-state index in [4.69, 9.17) is 4.74 Å². The van der Waals surface area contributed by atoms with Gasteiger partial charge in [0.15, 0.2) is 0 Å². The predicted molar refractivity (Wildman–Crippen MR) is 133 cm³/mol. The molecule has 3 aliphatic heterocycles. The maximum Gasteiger partial charge on any atom is 0.320 e. The molecule has 0 aliphatic carbocycles. The van der Waals surface area contributed by atoms with E-state index >= 15 is 0 Å². The van der Waals surface area contributed by atoms with Crippen molar-refractivity contribution in [2.24, 2.45) is 0 Å². The van der Waals surface area contributed by atoms with Crippen molar-refractivity contribution in [1.29, 1.82) is 0 Å². The zero-order valence-corrected chi connectivity index (χ0v) is 19.9. The summed E-state index contributed by atoms with van der Waals surface area (Å²) in [5.41, 5.74) is 1.75. The molecule has 3 aliphatic rings. The molecule has 3 fully saturated rings. The normalized spacial score (nSPS) is 18.7. The van der Waals surface area contributed by atoms with Crippen molar-refractivity contribution in [2.45, 2.75) is 38.2 Å². The number of hydrogen-bond acceptors (Lipinski definition) is 4. The number of likely N-dealkylation sites (tertiary alicyclic amines) is 3. The number of amides is 3. The second-order valence-corrected chi connectivity index (χ2v) is 9.74. The summed E-state index contributed by atoms with van der Waals surface area (Å²) in [5.74, 6) is 1.66. The van der Waals surface area contributed by atoms with Gasteiger partial charge in [-0.2, -0.15) is 0 Å². The van der Waals surface area contributed by atoms with E-state index in [1.54, 1.807) is 6.20 Å². The number of piperidine rings is 1. The minimum absolute atomic E-state index is 0.0973. The van der Waals surface area contributed by atoms with Gasteiger partial charge in [-0.15, -0.1) is 0 Å². The fourth-order valence-corrected chi connectivity index (χ4v) is 5.23. The number of nitrogens with zero attached hydrogens (tertiary/aromatic N) is 5. The van der Waals surface area contributed by atoms with E-state index in [0.717, 1.165) is 99.4 Å². The Hall–Kier alpha value is -3.55. The highest BCUT2D eigenvalue weighted by atomic mass is 16.5. The topological polar surface area (TPSA) is 70.9 Å². The van der Waals surface area contributed by atoms with Crippen molar-refractivity contribution in [3.05, 3.63) is 54.4 Å². The number of ether oxygens (including phenoxy) is 1. The first-order chi connectivity index (χ1) is 17.2. The van der Waals surface area contributed by atoms with E-state index in [2.05, 4.69) is 4.98 Å². The van der Waals surface area contributed by atoms with Gasteiger partial charge in [0.2, 0.25) is 0 Å². The molecular formula is C27H31N5O3. The van der Waals surface area contributed by atoms with E-state index in [0.29, 0.717) is 0 Å². The Labute approximate surface area is 205 Å². The van der Waals surface area contributed by atoms with Crippen LogP contribution in [0.4, 0.5) is 4.79 Å². The van der Waals surface area contributed by atoms with Gasteiger partial charge in [-0.05, 0) is 55.7 Å². The second kappa shape index (κ2) is 9.24. The smallest absolute Gasteiger partial charge is 0.320 e. The highest BCUT2D eigenvalue weighted by Gasteiger charge is 2.28. The fourth-order valence-electron chi connectivity index (χ4n) is 5.23. The molecule has 0 saturated carbocycles. The second-order valence-electron chi connectivity index (χ2n) is 9.74.